The highest BCUT2D eigenvalue weighted by atomic mass is 32.1. The number of amides is 1. The molecule has 0 saturated carbocycles. The van der Waals surface area contributed by atoms with Gasteiger partial charge in [0.2, 0.25) is 0 Å². The van der Waals surface area contributed by atoms with Gasteiger partial charge >= 0.3 is 0 Å². The van der Waals surface area contributed by atoms with E-state index < -0.39 is 0 Å². The second kappa shape index (κ2) is 9.02. The van der Waals surface area contributed by atoms with Gasteiger partial charge < -0.3 is 10.1 Å². The van der Waals surface area contributed by atoms with Crippen LogP contribution >= 0.6 is 23.6 Å². The molecule has 1 aromatic heterocycles. The number of thiazole rings is 1. The fourth-order valence-electron chi connectivity index (χ4n) is 2.97. The van der Waals surface area contributed by atoms with Crippen LogP contribution in [0.15, 0.2) is 72.1 Å². The third kappa shape index (κ3) is 4.82. The lowest BCUT2D eigenvalue weighted by molar-refractivity contribution is -0.121. The molecule has 7 heteroatoms. The van der Waals surface area contributed by atoms with Crippen molar-refractivity contribution in [2.45, 2.75) is 6.92 Å². The number of nitrogens with zero attached hydrogens (tertiary/aromatic N) is 1. The molecule has 4 rings (SSSR count). The monoisotopic (exact) mass is 433 g/mol. The van der Waals surface area contributed by atoms with Crippen LogP contribution in [0.5, 0.6) is 5.75 Å². The van der Waals surface area contributed by atoms with Crippen molar-refractivity contribution in [3.05, 3.63) is 77.7 Å². The van der Waals surface area contributed by atoms with Gasteiger partial charge in [0.05, 0.1) is 5.69 Å². The Balaban J connectivity index is 1.34. The van der Waals surface area contributed by atoms with Crippen LogP contribution in [0, 0.1) is 6.92 Å². The van der Waals surface area contributed by atoms with Crippen molar-refractivity contribution in [3.8, 4) is 17.0 Å². The molecule has 0 aliphatic carbocycles. The highest BCUT2D eigenvalue weighted by Crippen LogP contribution is 2.27. The predicted octanol–water partition coefficient (Wildman–Crippen LogP) is 5.16. The normalized spacial score (nSPS) is 10.6. The number of thiocarbonyl (C=S) groups is 1. The Kier molecular flexibility index (Phi) is 6.02. The molecule has 1 amide bonds. The molecule has 5 nitrogen and oxygen atoms in total. The summed E-state index contributed by atoms with van der Waals surface area (Å²) in [6.07, 6.45) is 0. The Labute approximate surface area is 183 Å². The Hall–Kier alpha value is -3.29. The molecule has 2 N–H and O–H groups in total. The molecule has 0 radical (unpaired) electrons. The van der Waals surface area contributed by atoms with E-state index in [9.17, 15) is 4.79 Å². The van der Waals surface area contributed by atoms with Gasteiger partial charge in [-0.3, -0.25) is 10.1 Å². The van der Waals surface area contributed by atoms with Crippen LogP contribution in [-0.2, 0) is 4.79 Å². The van der Waals surface area contributed by atoms with Crippen molar-refractivity contribution in [1.82, 2.24) is 10.3 Å². The first-order valence-corrected chi connectivity index (χ1v) is 10.6. The van der Waals surface area contributed by atoms with E-state index in [1.165, 1.54) is 16.7 Å². The molecule has 1 heterocycles. The predicted molar refractivity (Wildman–Crippen MR) is 126 cm³/mol. The van der Waals surface area contributed by atoms with Gasteiger partial charge in [-0.15, -0.1) is 11.3 Å². The number of carbonyl (C=O) groups excluding carboxylic acids is 1. The van der Waals surface area contributed by atoms with Crippen LogP contribution in [-0.4, -0.2) is 22.6 Å². The quantitative estimate of drug-likeness (QED) is 0.426. The zero-order valence-electron chi connectivity index (χ0n) is 16.2. The van der Waals surface area contributed by atoms with Crippen LogP contribution in [0.3, 0.4) is 0 Å². The summed E-state index contributed by atoms with van der Waals surface area (Å²) in [7, 11) is 0. The molecule has 0 unspecified atom stereocenters. The number of carbonyl (C=O) groups is 1. The minimum absolute atomic E-state index is 0.118. The molecule has 0 saturated heterocycles. The van der Waals surface area contributed by atoms with E-state index in [1.54, 1.807) is 0 Å². The molecule has 0 atom stereocenters. The highest BCUT2D eigenvalue weighted by Gasteiger charge is 2.10. The Morgan fingerprint density at radius 1 is 1.07 bits per heavy atom. The maximum absolute atomic E-state index is 12.1. The Morgan fingerprint density at radius 3 is 2.67 bits per heavy atom. The average molecular weight is 434 g/mol. The third-order valence-electron chi connectivity index (χ3n) is 4.48. The topological polar surface area (TPSA) is 63.2 Å². The Bertz CT molecular complexity index is 1220. The van der Waals surface area contributed by atoms with E-state index in [2.05, 4.69) is 39.9 Å². The summed E-state index contributed by atoms with van der Waals surface area (Å²) in [5.41, 5.74) is 2.85. The highest BCUT2D eigenvalue weighted by molar-refractivity contribution is 7.80. The van der Waals surface area contributed by atoms with Crippen molar-refractivity contribution in [1.29, 1.82) is 0 Å². The number of rotatable bonds is 5. The molecule has 150 valence electrons. The van der Waals surface area contributed by atoms with Crippen LogP contribution in [0.4, 0.5) is 5.13 Å². The van der Waals surface area contributed by atoms with Gasteiger partial charge in [0.1, 0.15) is 5.75 Å². The number of aromatic nitrogens is 1. The standard InChI is InChI=1S/C23H19N3O2S2/c1-15-6-2-5-9-20(15)28-13-21(27)25-22(29)26-23-24-19(14-30-23)18-11-10-16-7-3-4-8-17(16)12-18/h2-12,14H,13H2,1H3,(H2,24,25,26,27,29). The summed E-state index contributed by atoms with van der Waals surface area (Å²) in [6.45, 7) is 1.81. The summed E-state index contributed by atoms with van der Waals surface area (Å²) < 4.78 is 5.53. The SMILES string of the molecule is Cc1ccccc1OCC(=O)NC(=S)Nc1nc(-c2ccc3ccccc3c2)cs1. The number of ether oxygens (including phenoxy) is 1. The maximum Gasteiger partial charge on any atom is 0.264 e. The van der Waals surface area contributed by atoms with Gasteiger partial charge in [-0.2, -0.15) is 0 Å². The van der Waals surface area contributed by atoms with E-state index in [0.717, 1.165) is 22.2 Å². The van der Waals surface area contributed by atoms with E-state index >= 15 is 0 Å². The van der Waals surface area contributed by atoms with Crippen LogP contribution in [0.1, 0.15) is 5.56 Å². The first kappa shape index (κ1) is 20.0. The minimum Gasteiger partial charge on any atom is -0.483 e. The number of nitrogens with one attached hydrogen (secondary N) is 2. The summed E-state index contributed by atoms with van der Waals surface area (Å²) in [5, 5.41) is 10.7. The van der Waals surface area contributed by atoms with Gasteiger partial charge in [-0.1, -0.05) is 54.6 Å². The number of hydrogen-bond donors (Lipinski definition) is 2. The molecule has 30 heavy (non-hydrogen) atoms. The number of aryl methyl sites for hydroxylation is 1. The van der Waals surface area contributed by atoms with Crippen LogP contribution < -0.4 is 15.4 Å². The maximum atomic E-state index is 12.1. The van der Waals surface area contributed by atoms with Crippen molar-refractivity contribution in [3.63, 3.8) is 0 Å². The number of fused-ring (bicyclic) bond motifs is 1. The van der Waals surface area contributed by atoms with Gasteiger partial charge in [-0.05, 0) is 47.6 Å². The van der Waals surface area contributed by atoms with E-state index in [4.69, 9.17) is 17.0 Å². The molecule has 4 aromatic rings. The van der Waals surface area contributed by atoms with Crippen molar-refractivity contribution >= 4 is 50.5 Å². The zero-order chi connectivity index (χ0) is 20.9. The first-order chi connectivity index (χ1) is 14.6. The number of benzene rings is 3. The van der Waals surface area contributed by atoms with E-state index in [1.807, 2.05) is 54.8 Å². The van der Waals surface area contributed by atoms with Crippen LogP contribution in [0.2, 0.25) is 0 Å². The lowest BCUT2D eigenvalue weighted by atomic mass is 10.1. The summed E-state index contributed by atoms with van der Waals surface area (Å²) in [6, 6.07) is 22.0. The molecular formula is C23H19N3O2S2. The molecule has 3 aromatic carbocycles. The molecule has 0 spiro atoms. The molecule has 0 fully saturated rings. The van der Waals surface area contributed by atoms with Crippen molar-refractivity contribution in [2.75, 3.05) is 11.9 Å². The van der Waals surface area contributed by atoms with Gasteiger partial charge in [0.25, 0.3) is 5.91 Å². The number of anilines is 1. The second-order valence-corrected chi connectivity index (χ2v) is 7.92. The number of para-hydroxylation sites is 1. The third-order valence-corrected chi connectivity index (χ3v) is 5.44. The zero-order valence-corrected chi connectivity index (χ0v) is 17.8. The number of hydrogen-bond acceptors (Lipinski definition) is 5. The van der Waals surface area contributed by atoms with Crippen LogP contribution in [0.25, 0.3) is 22.0 Å². The largest absolute Gasteiger partial charge is 0.483 e. The summed E-state index contributed by atoms with van der Waals surface area (Å²) in [5.74, 6) is 0.341. The lowest BCUT2D eigenvalue weighted by Gasteiger charge is -2.10. The van der Waals surface area contributed by atoms with Gasteiger partial charge in [0, 0.05) is 10.9 Å². The fourth-order valence-corrected chi connectivity index (χ4v) is 3.96. The molecular weight excluding hydrogens is 414 g/mol. The fraction of sp³-hybridized carbons (Fsp3) is 0.0870. The van der Waals surface area contributed by atoms with Gasteiger partial charge in [-0.25, -0.2) is 4.98 Å². The smallest absolute Gasteiger partial charge is 0.264 e. The van der Waals surface area contributed by atoms with E-state index in [-0.39, 0.29) is 17.6 Å². The first-order valence-electron chi connectivity index (χ1n) is 9.32. The molecule has 0 aliphatic heterocycles. The van der Waals surface area contributed by atoms with Gasteiger partial charge in [0.15, 0.2) is 16.9 Å². The summed E-state index contributed by atoms with van der Waals surface area (Å²) >= 11 is 6.65. The van der Waals surface area contributed by atoms with E-state index in [0.29, 0.717) is 10.9 Å². The Morgan fingerprint density at radius 2 is 1.83 bits per heavy atom. The summed E-state index contributed by atoms with van der Waals surface area (Å²) in [4.78, 5) is 16.7. The average Bonchev–Trinajstić information content (AvgIpc) is 3.21. The van der Waals surface area contributed by atoms with Crippen molar-refractivity contribution in [2.24, 2.45) is 0 Å². The second-order valence-electron chi connectivity index (χ2n) is 6.66. The van der Waals surface area contributed by atoms with Crippen molar-refractivity contribution < 1.29 is 9.53 Å². The lowest BCUT2D eigenvalue weighted by Crippen LogP contribution is -2.37. The molecule has 0 bridgehead atoms. The minimum atomic E-state index is -0.331. The molecule has 0 aliphatic rings.